The van der Waals surface area contributed by atoms with Crippen molar-refractivity contribution < 1.29 is 0 Å². The quantitative estimate of drug-likeness (QED) is 0.783. The lowest BCUT2D eigenvalue weighted by molar-refractivity contribution is 0.401. The molecule has 0 amide bonds. The number of rotatable bonds is 7. The smallest absolute Gasteiger partial charge is 0.130 e. The molecule has 0 aliphatic rings. The molecule has 4 heteroatoms. The van der Waals surface area contributed by atoms with Crippen LogP contribution in [-0.2, 0) is 0 Å². The number of aromatic nitrogens is 1. The van der Waals surface area contributed by atoms with E-state index >= 15 is 0 Å². The van der Waals surface area contributed by atoms with Crippen molar-refractivity contribution in [2.24, 2.45) is 0 Å². The van der Waals surface area contributed by atoms with Gasteiger partial charge in [0.25, 0.3) is 0 Å². The van der Waals surface area contributed by atoms with Gasteiger partial charge in [0.1, 0.15) is 11.6 Å². The molecule has 4 nitrogen and oxygen atoms in total. The van der Waals surface area contributed by atoms with E-state index in [-0.39, 0.29) is 0 Å². The molecule has 1 rings (SSSR count). The first-order chi connectivity index (χ1) is 8.13. The number of anilines is 2. The van der Waals surface area contributed by atoms with Crippen LogP contribution in [0.3, 0.4) is 0 Å². The molecular formula is C13H24N4. The summed E-state index contributed by atoms with van der Waals surface area (Å²) >= 11 is 0. The Bertz CT molecular complexity index is 325. The normalized spacial score (nSPS) is 10.6. The van der Waals surface area contributed by atoms with Gasteiger partial charge < -0.3 is 15.1 Å². The van der Waals surface area contributed by atoms with Crippen LogP contribution in [0.15, 0.2) is 18.2 Å². The van der Waals surface area contributed by atoms with Crippen LogP contribution >= 0.6 is 0 Å². The third-order valence-electron chi connectivity index (χ3n) is 2.58. The van der Waals surface area contributed by atoms with Crippen molar-refractivity contribution in [3.63, 3.8) is 0 Å². The molecule has 0 spiro atoms. The Hall–Kier alpha value is -1.29. The van der Waals surface area contributed by atoms with Gasteiger partial charge in [-0.05, 0) is 46.1 Å². The van der Waals surface area contributed by atoms with Gasteiger partial charge in [-0.15, -0.1) is 0 Å². The van der Waals surface area contributed by atoms with E-state index in [4.69, 9.17) is 0 Å². The molecule has 0 aliphatic carbocycles. The van der Waals surface area contributed by atoms with Gasteiger partial charge in [-0.3, -0.25) is 0 Å². The van der Waals surface area contributed by atoms with Crippen LogP contribution < -0.4 is 10.2 Å². The summed E-state index contributed by atoms with van der Waals surface area (Å²) in [6.45, 7) is 5.12. The highest BCUT2D eigenvalue weighted by atomic mass is 15.2. The highest BCUT2D eigenvalue weighted by Gasteiger charge is 2.03. The molecule has 0 aliphatic heterocycles. The summed E-state index contributed by atoms with van der Waals surface area (Å²) in [7, 11) is 6.29. The summed E-state index contributed by atoms with van der Waals surface area (Å²) < 4.78 is 0. The van der Waals surface area contributed by atoms with Crippen LogP contribution in [-0.4, -0.2) is 50.7 Å². The predicted octanol–water partition coefficient (Wildman–Crippen LogP) is 1.90. The largest absolute Gasteiger partial charge is 0.370 e. The van der Waals surface area contributed by atoms with E-state index in [0.717, 1.165) is 37.7 Å². The molecule has 0 saturated heterocycles. The average molecular weight is 236 g/mol. The SMILES string of the molecule is CCNc1cccc(N(C)CCCN(C)C)n1. The second kappa shape index (κ2) is 7.12. The standard InChI is InChI=1S/C13H24N4/c1-5-14-12-8-6-9-13(15-12)17(4)11-7-10-16(2)3/h6,8-9H,5,7,10-11H2,1-4H3,(H,14,15). The van der Waals surface area contributed by atoms with E-state index < -0.39 is 0 Å². The number of pyridine rings is 1. The van der Waals surface area contributed by atoms with Gasteiger partial charge in [0.2, 0.25) is 0 Å². The molecule has 96 valence electrons. The Kier molecular flexibility index (Phi) is 5.77. The van der Waals surface area contributed by atoms with Gasteiger partial charge in [0.15, 0.2) is 0 Å². The summed E-state index contributed by atoms with van der Waals surface area (Å²) in [4.78, 5) is 8.96. The molecule has 1 aromatic rings. The van der Waals surface area contributed by atoms with Crippen LogP contribution in [0.4, 0.5) is 11.6 Å². The first kappa shape index (κ1) is 13.8. The van der Waals surface area contributed by atoms with Crippen LogP contribution in [0.25, 0.3) is 0 Å². The third-order valence-corrected chi connectivity index (χ3v) is 2.58. The Balaban J connectivity index is 2.50. The first-order valence-corrected chi connectivity index (χ1v) is 6.20. The van der Waals surface area contributed by atoms with E-state index in [1.54, 1.807) is 0 Å². The van der Waals surface area contributed by atoms with Crippen molar-refractivity contribution in [3.8, 4) is 0 Å². The topological polar surface area (TPSA) is 31.4 Å². The van der Waals surface area contributed by atoms with Crippen LogP contribution in [0.2, 0.25) is 0 Å². The monoisotopic (exact) mass is 236 g/mol. The zero-order valence-electron chi connectivity index (χ0n) is 11.4. The lowest BCUT2D eigenvalue weighted by Crippen LogP contribution is -2.24. The van der Waals surface area contributed by atoms with E-state index in [0.29, 0.717) is 0 Å². The molecule has 1 aromatic heterocycles. The van der Waals surface area contributed by atoms with Gasteiger partial charge in [-0.25, -0.2) is 4.98 Å². The minimum absolute atomic E-state index is 0.904. The molecule has 1 heterocycles. The zero-order chi connectivity index (χ0) is 12.7. The molecule has 0 saturated carbocycles. The van der Waals surface area contributed by atoms with Crippen molar-refractivity contribution in [1.29, 1.82) is 0 Å². The predicted molar refractivity (Wildman–Crippen MR) is 74.8 cm³/mol. The zero-order valence-corrected chi connectivity index (χ0v) is 11.4. The van der Waals surface area contributed by atoms with Crippen molar-refractivity contribution in [2.45, 2.75) is 13.3 Å². The lowest BCUT2D eigenvalue weighted by atomic mass is 10.3. The highest BCUT2D eigenvalue weighted by Crippen LogP contribution is 2.12. The molecule has 0 unspecified atom stereocenters. The van der Waals surface area contributed by atoms with E-state index in [1.165, 1.54) is 0 Å². The molecule has 0 atom stereocenters. The fourth-order valence-electron chi connectivity index (χ4n) is 1.65. The molecule has 0 bridgehead atoms. The minimum Gasteiger partial charge on any atom is -0.370 e. The Labute approximate surface area is 105 Å². The maximum absolute atomic E-state index is 4.56. The molecule has 1 N–H and O–H groups in total. The Morgan fingerprint density at radius 2 is 1.94 bits per heavy atom. The number of nitrogens with one attached hydrogen (secondary N) is 1. The summed E-state index contributed by atoms with van der Waals surface area (Å²) in [5.41, 5.74) is 0. The van der Waals surface area contributed by atoms with Crippen LogP contribution in [0, 0.1) is 0 Å². The second-order valence-corrected chi connectivity index (χ2v) is 4.49. The summed E-state index contributed by atoms with van der Waals surface area (Å²) in [5, 5.41) is 3.23. The van der Waals surface area contributed by atoms with Gasteiger partial charge >= 0.3 is 0 Å². The fraction of sp³-hybridized carbons (Fsp3) is 0.615. The van der Waals surface area contributed by atoms with Gasteiger partial charge in [-0.2, -0.15) is 0 Å². The van der Waals surface area contributed by atoms with Crippen molar-refractivity contribution in [3.05, 3.63) is 18.2 Å². The molecule has 17 heavy (non-hydrogen) atoms. The fourth-order valence-corrected chi connectivity index (χ4v) is 1.65. The first-order valence-electron chi connectivity index (χ1n) is 6.20. The summed E-state index contributed by atoms with van der Waals surface area (Å²) in [6.07, 6.45) is 1.15. The maximum atomic E-state index is 4.56. The highest BCUT2D eigenvalue weighted by molar-refractivity contribution is 5.46. The van der Waals surface area contributed by atoms with Gasteiger partial charge in [0, 0.05) is 20.1 Å². The van der Waals surface area contributed by atoms with Gasteiger partial charge in [-0.1, -0.05) is 6.07 Å². The second-order valence-electron chi connectivity index (χ2n) is 4.49. The number of hydrogen-bond donors (Lipinski definition) is 1. The van der Waals surface area contributed by atoms with Gasteiger partial charge in [0.05, 0.1) is 0 Å². The minimum atomic E-state index is 0.904. The Morgan fingerprint density at radius 3 is 2.59 bits per heavy atom. The molecule has 0 aromatic carbocycles. The summed E-state index contributed by atoms with van der Waals surface area (Å²) in [6, 6.07) is 6.10. The van der Waals surface area contributed by atoms with E-state index in [9.17, 15) is 0 Å². The van der Waals surface area contributed by atoms with Crippen LogP contribution in [0.5, 0.6) is 0 Å². The molecule has 0 fully saturated rings. The number of hydrogen-bond acceptors (Lipinski definition) is 4. The van der Waals surface area contributed by atoms with E-state index in [2.05, 4.69) is 54.2 Å². The maximum Gasteiger partial charge on any atom is 0.130 e. The van der Waals surface area contributed by atoms with Crippen molar-refractivity contribution in [1.82, 2.24) is 9.88 Å². The Morgan fingerprint density at radius 1 is 1.18 bits per heavy atom. The van der Waals surface area contributed by atoms with Crippen LogP contribution in [0.1, 0.15) is 13.3 Å². The van der Waals surface area contributed by atoms with Crippen molar-refractivity contribution in [2.75, 3.05) is 51.0 Å². The lowest BCUT2D eigenvalue weighted by Gasteiger charge is -2.20. The molecule has 0 radical (unpaired) electrons. The third kappa shape index (κ3) is 5.04. The average Bonchev–Trinajstić information content (AvgIpc) is 2.29. The molecular weight excluding hydrogens is 212 g/mol. The van der Waals surface area contributed by atoms with Crippen molar-refractivity contribution >= 4 is 11.6 Å². The summed E-state index contributed by atoms with van der Waals surface area (Å²) in [5.74, 6) is 1.98. The van der Waals surface area contributed by atoms with E-state index in [1.807, 2.05) is 12.1 Å². The number of nitrogens with zero attached hydrogens (tertiary/aromatic N) is 3.